The van der Waals surface area contributed by atoms with Crippen molar-refractivity contribution in [2.24, 2.45) is 0 Å². The van der Waals surface area contributed by atoms with Crippen molar-refractivity contribution in [2.75, 3.05) is 5.32 Å². The standard InChI is InChI=1S/C15H14Br2ClN/c1-2-14(10-4-3-5-11(16)8-10)19-15-9-12(17)6-7-13(15)18/h3-9,14,19H,2H2,1H3. The van der Waals surface area contributed by atoms with E-state index in [2.05, 4.69) is 56.2 Å². The Hall–Kier alpha value is -0.510. The minimum Gasteiger partial charge on any atom is -0.377 e. The van der Waals surface area contributed by atoms with Gasteiger partial charge in [-0.05, 0) is 42.3 Å². The normalized spacial score (nSPS) is 12.2. The molecule has 1 unspecified atom stereocenters. The molecule has 0 fully saturated rings. The lowest BCUT2D eigenvalue weighted by Crippen LogP contribution is -2.10. The molecule has 2 aromatic carbocycles. The maximum atomic E-state index is 6.22. The largest absolute Gasteiger partial charge is 0.377 e. The Bertz CT molecular complexity index is 572. The molecule has 1 nitrogen and oxygen atoms in total. The van der Waals surface area contributed by atoms with E-state index in [0.29, 0.717) is 0 Å². The van der Waals surface area contributed by atoms with Crippen molar-refractivity contribution < 1.29 is 0 Å². The molecular formula is C15H14Br2ClN. The van der Waals surface area contributed by atoms with Crippen molar-refractivity contribution in [3.8, 4) is 0 Å². The van der Waals surface area contributed by atoms with Gasteiger partial charge in [-0.1, -0.05) is 62.5 Å². The smallest absolute Gasteiger partial charge is 0.0638 e. The van der Waals surface area contributed by atoms with Gasteiger partial charge in [0.25, 0.3) is 0 Å². The fourth-order valence-corrected chi connectivity index (χ4v) is 2.89. The second kappa shape index (κ2) is 6.78. The van der Waals surface area contributed by atoms with Gasteiger partial charge in [0.05, 0.1) is 16.8 Å². The van der Waals surface area contributed by atoms with Gasteiger partial charge in [-0.25, -0.2) is 0 Å². The van der Waals surface area contributed by atoms with Crippen LogP contribution in [0.25, 0.3) is 0 Å². The van der Waals surface area contributed by atoms with Crippen molar-refractivity contribution in [2.45, 2.75) is 19.4 Å². The molecular weight excluding hydrogens is 389 g/mol. The summed E-state index contributed by atoms with van der Waals surface area (Å²) in [6.45, 7) is 2.16. The summed E-state index contributed by atoms with van der Waals surface area (Å²) < 4.78 is 2.11. The van der Waals surface area contributed by atoms with Crippen LogP contribution in [0.1, 0.15) is 24.9 Å². The van der Waals surface area contributed by atoms with Crippen molar-refractivity contribution in [1.82, 2.24) is 0 Å². The Balaban J connectivity index is 2.26. The van der Waals surface area contributed by atoms with E-state index in [0.717, 1.165) is 26.1 Å². The van der Waals surface area contributed by atoms with Gasteiger partial charge in [0.2, 0.25) is 0 Å². The zero-order valence-corrected chi connectivity index (χ0v) is 14.4. The molecule has 4 heteroatoms. The van der Waals surface area contributed by atoms with Gasteiger partial charge in [0.1, 0.15) is 0 Å². The SMILES string of the molecule is CCC(Nc1cc(Br)ccc1Cl)c1cccc(Br)c1. The highest BCUT2D eigenvalue weighted by Gasteiger charge is 2.11. The van der Waals surface area contributed by atoms with Crippen LogP contribution in [0.2, 0.25) is 5.02 Å². The summed E-state index contributed by atoms with van der Waals surface area (Å²) in [5.41, 5.74) is 2.19. The van der Waals surface area contributed by atoms with Crippen LogP contribution < -0.4 is 5.32 Å². The van der Waals surface area contributed by atoms with Crippen LogP contribution in [-0.4, -0.2) is 0 Å². The molecule has 1 N–H and O–H groups in total. The molecule has 2 aromatic rings. The molecule has 0 spiro atoms. The third-order valence-electron chi connectivity index (χ3n) is 2.92. The Morgan fingerprint density at radius 1 is 1.11 bits per heavy atom. The Morgan fingerprint density at radius 3 is 2.53 bits per heavy atom. The number of hydrogen-bond donors (Lipinski definition) is 1. The molecule has 0 saturated heterocycles. The highest BCUT2D eigenvalue weighted by Crippen LogP contribution is 2.31. The quantitative estimate of drug-likeness (QED) is 0.620. The molecule has 0 saturated carbocycles. The zero-order chi connectivity index (χ0) is 13.8. The molecule has 0 aliphatic rings. The van der Waals surface area contributed by atoms with E-state index in [9.17, 15) is 0 Å². The van der Waals surface area contributed by atoms with Crippen LogP contribution in [-0.2, 0) is 0 Å². The summed E-state index contributed by atoms with van der Waals surface area (Å²) in [6, 6.07) is 14.4. The lowest BCUT2D eigenvalue weighted by molar-refractivity contribution is 0.749. The van der Waals surface area contributed by atoms with Gasteiger partial charge in [-0.2, -0.15) is 0 Å². The van der Waals surface area contributed by atoms with E-state index in [4.69, 9.17) is 11.6 Å². The van der Waals surface area contributed by atoms with E-state index in [1.807, 2.05) is 30.3 Å². The Kier molecular flexibility index (Phi) is 5.31. The lowest BCUT2D eigenvalue weighted by atomic mass is 10.0. The summed E-state index contributed by atoms with van der Waals surface area (Å²) in [7, 11) is 0. The fourth-order valence-electron chi connectivity index (χ4n) is 1.94. The van der Waals surface area contributed by atoms with Crippen LogP contribution in [0.15, 0.2) is 51.4 Å². The number of nitrogens with one attached hydrogen (secondary N) is 1. The van der Waals surface area contributed by atoms with Crippen molar-refractivity contribution >= 4 is 49.1 Å². The Labute approximate surface area is 135 Å². The summed E-state index contributed by atoms with van der Waals surface area (Å²) in [6.07, 6.45) is 0.985. The molecule has 0 bridgehead atoms. The van der Waals surface area contributed by atoms with E-state index >= 15 is 0 Å². The number of rotatable bonds is 4. The van der Waals surface area contributed by atoms with E-state index < -0.39 is 0 Å². The van der Waals surface area contributed by atoms with Crippen molar-refractivity contribution in [3.05, 3.63) is 62.0 Å². The second-order valence-corrected chi connectivity index (χ2v) is 6.52. The highest BCUT2D eigenvalue weighted by molar-refractivity contribution is 9.10. The molecule has 0 aromatic heterocycles. The molecule has 0 radical (unpaired) electrons. The average molecular weight is 404 g/mol. The maximum Gasteiger partial charge on any atom is 0.0638 e. The van der Waals surface area contributed by atoms with Gasteiger partial charge in [-0.3, -0.25) is 0 Å². The minimum absolute atomic E-state index is 0.240. The van der Waals surface area contributed by atoms with Crippen LogP contribution in [0, 0.1) is 0 Å². The maximum absolute atomic E-state index is 6.22. The molecule has 2 rings (SSSR count). The van der Waals surface area contributed by atoms with Gasteiger partial charge in [0, 0.05) is 8.95 Å². The summed E-state index contributed by atoms with van der Waals surface area (Å²) in [5.74, 6) is 0. The number of halogens is 3. The lowest BCUT2D eigenvalue weighted by Gasteiger charge is -2.20. The van der Waals surface area contributed by atoms with Crippen molar-refractivity contribution in [3.63, 3.8) is 0 Å². The molecule has 0 amide bonds. The highest BCUT2D eigenvalue weighted by atomic mass is 79.9. The molecule has 0 aliphatic heterocycles. The van der Waals surface area contributed by atoms with Crippen LogP contribution in [0.3, 0.4) is 0 Å². The summed E-state index contributed by atoms with van der Waals surface area (Å²) in [5, 5.41) is 4.23. The first-order valence-corrected chi connectivity index (χ1v) is 8.03. The molecule has 0 heterocycles. The van der Waals surface area contributed by atoms with E-state index in [1.54, 1.807) is 0 Å². The van der Waals surface area contributed by atoms with Crippen LogP contribution in [0.5, 0.6) is 0 Å². The zero-order valence-electron chi connectivity index (χ0n) is 10.5. The minimum atomic E-state index is 0.240. The average Bonchev–Trinajstić information content (AvgIpc) is 2.39. The predicted octanol–water partition coefficient (Wildman–Crippen LogP) is 6.43. The van der Waals surface area contributed by atoms with Gasteiger partial charge < -0.3 is 5.32 Å². The van der Waals surface area contributed by atoms with E-state index in [-0.39, 0.29) is 6.04 Å². The number of benzene rings is 2. The molecule has 1 atom stereocenters. The van der Waals surface area contributed by atoms with Gasteiger partial charge in [0.15, 0.2) is 0 Å². The third-order valence-corrected chi connectivity index (χ3v) is 4.23. The first-order valence-electron chi connectivity index (χ1n) is 6.07. The summed E-state index contributed by atoms with van der Waals surface area (Å²) in [4.78, 5) is 0. The fraction of sp³-hybridized carbons (Fsp3) is 0.200. The molecule has 19 heavy (non-hydrogen) atoms. The van der Waals surface area contributed by atoms with Gasteiger partial charge >= 0.3 is 0 Å². The van der Waals surface area contributed by atoms with Crippen molar-refractivity contribution in [1.29, 1.82) is 0 Å². The van der Waals surface area contributed by atoms with E-state index in [1.165, 1.54) is 5.56 Å². The number of hydrogen-bond acceptors (Lipinski definition) is 1. The monoisotopic (exact) mass is 401 g/mol. The van der Waals surface area contributed by atoms with Gasteiger partial charge in [-0.15, -0.1) is 0 Å². The first-order chi connectivity index (χ1) is 9.10. The molecule has 100 valence electrons. The summed E-state index contributed by atoms with van der Waals surface area (Å²) >= 11 is 13.2. The predicted molar refractivity (Wildman–Crippen MR) is 89.9 cm³/mol. The van der Waals surface area contributed by atoms with Crippen LogP contribution in [0.4, 0.5) is 5.69 Å². The first kappa shape index (κ1) is 14.9. The number of anilines is 1. The van der Waals surface area contributed by atoms with Crippen LogP contribution >= 0.6 is 43.5 Å². The second-order valence-electron chi connectivity index (χ2n) is 4.28. The molecule has 0 aliphatic carbocycles. The Morgan fingerprint density at radius 2 is 1.84 bits per heavy atom. The topological polar surface area (TPSA) is 12.0 Å². The third kappa shape index (κ3) is 3.98.